The summed E-state index contributed by atoms with van der Waals surface area (Å²) in [5.74, 6) is 0.668. The Morgan fingerprint density at radius 3 is 2.65 bits per heavy atom. The van der Waals surface area contributed by atoms with Gasteiger partial charge >= 0.3 is 0 Å². The van der Waals surface area contributed by atoms with E-state index in [0.717, 1.165) is 11.1 Å². The van der Waals surface area contributed by atoms with Crippen LogP contribution in [0.5, 0.6) is 0 Å². The molecule has 0 aliphatic carbocycles. The topological polar surface area (TPSA) is 34.9 Å². The van der Waals surface area contributed by atoms with Crippen molar-refractivity contribution in [3.05, 3.63) is 68.4 Å². The molecule has 118 valence electrons. The summed E-state index contributed by atoms with van der Waals surface area (Å²) in [7, 11) is 0. The fourth-order valence-corrected chi connectivity index (χ4v) is 3.64. The molecule has 0 amide bonds. The van der Waals surface area contributed by atoms with Crippen LogP contribution in [0.1, 0.15) is 12.5 Å². The Morgan fingerprint density at radius 1 is 1.13 bits per heavy atom. The number of fused-ring (bicyclic) bond motifs is 1. The van der Waals surface area contributed by atoms with Crippen molar-refractivity contribution in [2.24, 2.45) is 0 Å². The summed E-state index contributed by atoms with van der Waals surface area (Å²) >= 11 is 13.5. The van der Waals surface area contributed by atoms with Crippen LogP contribution in [0.15, 0.2) is 52.4 Å². The number of benzene rings is 2. The number of hydrogen-bond acceptors (Lipinski definition) is 3. The molecule has 0 bridgehead atoms. The predicted octanol–water partition coefficient (Wildman–Crippen LogP) is 5.02. The summed E-state index contributed by atoms with van der Waals surface area (Å²) in [4.78, 5) is 17.2. The zero-order valence-electron chi connectivity index (χ0n) is 12.4. The summed E-state index contributed by atoms with van der Waals surface area (Å²) in [5, 5.41) is 2.43. The predicted molar refractivity (Wildman–Crippen MR) is 97.7 cm³/mol. The molecule has 3 nitrogen and oxygen atoms in total. The smallest absolute Gasteiger partial charge is 0.262 e. The number of nitrogens with zero attached hydrogens (tertiary/aromatic N) is 2. The molecule has 0 N–H and O–H groups in total. The molecular formula is C17H14Cl2N2OS. The highest BCUT2D eigenvalue weighted by Crippen LogP contribution is 2.27. The van der Waals surface area contributed by atoms with Crippen LogP contribution in [0.3, 0.4) is 0 Å². The summed E-state index contributed by atoms with van der Waals surface area (Å²) in [5.41, 5.74) is 1.75. The van der Waals surface area contributed by atoms with E-state index in [1.165, 1.54) is 11.8 Å². The second kappa shape index (κ2) is 6.95. The highest BCUT2D eigenvalue weighted by Gasteiger charge is 2.10. The van der Waals surface area contributed by atoms with E-state index >= 15 is 0 Å². The van der Waals surface area contributed by atoms with Crippen LogP contribution in [0.2, 0.25) is 10.0 Å². The van der Waals surface area contributed by atoms with Crippen LogP contribution in [0, 0.1) is 0 Å². The minimum Gasteiger partial charge on any atom is -0.287 e. The van der Waals surface area contributed by atoms with Crippen molar-refractivity contribution in [3.63, 3.8) is 0 Å². The fraction of sp³-hybridized carbons (Fsp3) is 0.176. The minimum absolute atomic E-state index is 0.00487. The van der Waals surface area contributed by atoms with E-state index in [4.69, 9.17) is 23.2 Å². The van der Waals surface area contributed by atoms with Crippen molar-refractivity contribution in [2.75, 3.05) is 0 Å². The van der Waals surface area contributed by atoms with Crippen LogP contribution >= 0.6 is 35.0 Å². The number of para-hydroxylation sites is 1. The summed E-state index contributed by atoms with van der Waals surface area (Å²) in [6, 6.07) is 13.0. The molecule has 3 rings (SSSR count). The first-order valence-corrected chi connectivity index (χ1v) is 8.90. The molecule has 1 aromatic heterocycles. The van der Waals surface area contributed by atoms with Crippen LogP contribution < -0.4 is 5.56 Å². The first-order valence-electron chi connectivity index (χ1n) is 7.16. The van der Waals surface area contributed by atoms with Crippen molar-refractivity contribution >= 4 is 45.9 Å². The third-order valence-electron chi connectivity index (χ3n) is 3.49. The van der Waals surface area contributed by atoms with Crippen LogP contribution in [0.25, 0.3) is 10.9 Å². The minimum atomic E-state index is -0.00487. The SMILES string of the molecule is CCn1c(SCc2ccc(Cl)c(Cl)c2)nc2ccccc2c1=O. The van der Waals surface area contributed by atoms with Gasteiger partial charge in [-0.3, -0.25) is 9.36 Å². The Labute approximate surface area is 148 Å². The van der Waals surface area contributed by atoms with Gasteiger partial charge in [0, 0.05) is 12.3 Å². The first kappa shape index (κ1) is 16.4. The second-order valence-corrected chi connectivity index (χ2v) is 6.75. The normalized spacial score (nSPS) is 11.1. The van der Waals surface area contributed by atoms with E-state index in [0.29, 0.717) is 32.9 Å². The lowest BCUT2D eigenvalue weighted by Gasteiger charge is -2.11. The van der Waals surface area contributed by atoms with Gasteiger partial charge in [0.15, 0.2) is 5.16 Å². The maximum Gasteiger partial charge on any atom is 0.262 e. The van der Waals surface area contributed by atoms with Crippen molar-refractivity contribution in [2.45, 2.75) is 24.4 Å². The van der Waals surface area contributed by atoms with E-state index < -0.39 is 0 Å². The molecule has 6 heteroatoms. The quantitative estimate of drug-likeness (QED) is 0.481. The van der Waals surface area contributed by atoms with Crippen LogP contribution in [0.4, 0.5) is 0 Å². The number of hydrogen-bond donors (Lipinski definition) is 0. The molecule has 2 aromatic carbocycles. The molecule has 0 saturated heterocycles. The lowest BCUT2D eigenvalue weighted by Crippen LogP contribution is -2.22. The zero-order chi connectivity index (χ0) is 16.4. The molecule has 1 heterocycles. The Hall–Kier alpha value is -1.49. The Morgan fingerprint density at radius 2 is 1.91 bits per heavy atom. The molecule has 0 fully saturated rings. The molecule has 0 saturated carbocycles. The first-order chi connectivity index (χ1) is 11.1. The van der Waals surface area contributed by atoms with Gasteiger partial charge in [-0.15, -0.1) is 0 Å². The standard InChI is InChI=1S/C17H14Cl2N2OS/c1-2-21-16(22)12-5-3-4-6-15(12)20-17(21)23-10-11-7-8-13(18)14(19)9-11/h3-9H,2,10H2,1H3. The maximum atomic E-state index is 12.6. The van der Waals surface area contributed by atoms with E-state index in [9.17, 15) is 4.79 Å². The molecule has 0 aliphatic rings. The Balaban J connectivity index is 1.95. The lowest BCUT2D eigenvalue weighted by molar-refractivity contribution is 0.634. The van der Waals surface area contributed by atoms with Gasteiger partial charge in [0.2, 0.25) is 0 Å². The van der Waals surface area contributed by atoms with Crippen LogP contribution in [-0.4, -0.2) is 9.55 Å². The monoisotopic (exact) mass is 364 g/mol. The van der Waals surface area contributed by atoms with Gasteiger partial charge in [-0.1, -0.05) is 53.2 Å². The molecule has 0 unspecified atom stereocenters. The molecule has 0 radical (unpaired) electrons. The van der Waals surface area contributed by atoms with Gasteiger partial charge in [0.25, 0.3) is 5.56 Å². The maximum absolute atomic E-state index is 12.6. The summed E-state index contributed by atoms with van der Waals surface area (Å²) < 4.78 is 1.70. The highest BCUT2D eigenvalue weighted by atomic mass is 35.5. The van der Waals surface area contributed by atoms with E-state index in [-0.39, 0.29) is 5.56 Å². The van der Waals surface area contributed by atoms with Gasteiger partial charge in [-0.25, -0.2) is 4.98 Å². The number of rotatable bonds is 4. The average molecular weight is 365 g/mol. The lowest BCUT2D eigenvalue weighted by atomic mass is 10.2. The van der Waals surface area contributed by atoms with Crippen molar-refractivity contribution in [1.82, 2.24) is 9.55 Å². The molecule has 0 atom stereocenters. The molecule has 0 spiro atoms. The van der Waals surface area contributed by atoms with E-state index in [1.54, 1.807) is 10.6 Å². The van der Waals surface area contributed by atoms with E-state index in [2.05, 4.69) is 4.98 Å². The molecule has 3 aromatic rings. The summed E-state index contributed by atoms with van der Waals surface area (Å²) in [6.45, 7) is 2.53. The molecule has 0 aliphatic heterocycles. The van der Waals surface area contributed by atoms with Gasteiger partial charge in [-0.05, 0) is 36.8 Å². The van der Waals surface area contributed by atoms with Crippen LogP contribution in [-0.2, 0) is 12.3 Å². The third kappa shape index (κ3) is 3.39. The molecular weight excluding hydrogens is 351 g/mol. The number of aromatic nitrogens is 2. The van der Waals surface area contributed by atoms with E-state index in [1.807, 2.05) is 43.3 Å². The van der Waals surface area contributed by atoms with Gasteiger partial charge in [-0.2, -0.15) is 0 Å². The van der Waals surface area contributed by atoms with Gasteiger partial charge in [0.1, 0.15) is 0 Å². The second-order valence-electron chi connectivity index (χ2n) is 5.00. The largest absolute Gasteiger partial charge is 0.287 e. The fourth-order valence-electron chi connectivity index (χ4n) is 2.31. The Bertz CT molecular complexity index is 924. The highest BCUT2D eigenvalue weighted by molar-refractivity contribution is 7.98. The van der Waals surface area contributed by atoms with Crippen molar-refractivity contribution in [3.8, 4) is 0 Å². The van der Waals surface area contributed by atoms with Crippen molar-refractivity contribution < 1.29 is 0 Å². The van der Waals surface area contributed by atoms with Crippen molar-refractivity contribution in [1.29, 1.82) is 0 Å². The third-order valence-corrected chi connectivity index (χ3v) is 5.28. The van der Waals surface area contributed by atoms with Gasteiger partial charge in [0.05, 0.1) is 20.9 Å². The number of halogens is 2. The zero-order valence-corrected chi connectivity index (χ0v) is 14.8. The van der Waals surface area contributed by atoms with Gasteiger partial charge < -0.3 is 0 Å². The average Bonchev–Trinajstić information content (AvgIpc) is 2.56. The summed E-state index contributed by atoms with van der Waals surface area (Å²) in [6.07, 6.45) is 0. The molecule has 23 heavy (non-hydrogen) atoms. The Kier molecular flexibility index (Phi) is 4.95. The number of thioether (sulfide) groups is 1.